The first-order valence-corrected chi connectivity index (χ1v) is 8.14. The van der Waals surface area contributed by atoms with E-state index >= 15 is 0 Å². The zero-order valence-electron chi connectivity index (χ0n) is 13.9. The molecule has 0 atom stereocenters. The largest absolute Gasteiger partial charge is 0.289 e. The van der Waals surface area contributed by atoms with Gasteiger partial charge in [0.1, 0.15) is 0 Å². The van der Waals surface area contributed by atoms with Crippen LogP contribution in [0.4, 0.5) is 5.69 Å². The Balaban J connectivity index is 1.78. The van der Waals surface area contributed by atoms with E-state index in [-0.39, 0.29) is 17.3 Å². The predicted octanol–water partition coefficient (Wildman–Crippen LogP) is 3.77. The number of rotatable bonds is 1. The summed E-state index contributed by atoms with van der Waals surface area (Å²) in [5.41, 5.74) is 2.43. The van der Waals surface area contributed by atoms with E-state index in [0.717, 1.165) is 0 Å². The van der Waals surface area contributed by atoms with Gasteiger partial charge in [-0.1, -0.05) is 48.2 Å². The van der Waals surface area contributed by atoms with Crippen LogP contribution in [0.3, 0.4) is 0 Å². The molecular weight excluding hydrogens is 342 g/mol. The molecule has 3 aromatic rings. The Morgan fingerprint density at radius 1 is 0.704 bits per heavy atom. The van der Waals surface area contributed by atoms with E-state index in [4.69, 9.17) is 0 Å². The molecule has 0 heterocycles. The molecule has 4 rings (SSSR count). The van der Waals surface area contributed by atoms with Crippen molar-refractivity contribution in [2.45, 2.75) is 0 Å². The van der Waals surface area contributed by atoms with Crippen molar-refractivity contribution in [2.24, 2.45) is 0 Å². The minimum Gasteiger partial charge on any atom is -0.289 e. The van der Waals surface area contributed by atoms with Crippen LogP contribution in [0, 0.1) is 22.0 Å². The van der Waals surface area contributed by atoms with Crippen LogP contribution in [-0.4, -0.2) is 16.5 Å². The molecule has 0 aliphatic heterocycles. The van der Waals surface area contributed by atoms with Gasteiger partial charge in [0, 0.05) is 45.5 Å². The molecule has 0 unspecified atom stereocenters. The van der Waals surface area contributed by atoms with Crippen molar-refractivity contribution in [3.05, 3.63) is 110 Å². The van der Waals surface area contributed by atoms with Crippen molar-refractivity contribution in [3.8, 4) is 11.8 Å². The van der Waals surface area contributed by atoms with Crippen LogP contribution in [0.1, 0.15) is 43.0 Å². The molecule has 3 aromatic carbocycles. The molecule has 1 aliphatic carbocycles. The van der Waals surface area contributed by atoms with Crippen molar-refractivity contribution in [3.63, 3.8) is 0 Å². The molecular formula is C22H11NO4. The van der Waals surface area contributed by atoms with E-state index in [2.05, 4.69) is 11.8 Å². The summed E-state index contributed by atoms with van der Waals surface area (Å²) in [6.45, 7) is 0. The van der Waals surface area contributed by atoms with Gasteiger partial charge >= 0.3 is 0 Å². The number of nitrogens with zero attached hydrogens (tertiary/aromatic N) is 1. The van der Waals surface area contributed by atoms with Crippen molar-refractivity contribution in [1.82, 2.24) is 0 Å². The number of hydrogen-bond acceptors (Lipinski definition) is 4. The Hall–Kier alpha value is -4.04. The number of hydrogen-bond donors (Lipinski definition) is 0. The number of nitro benzene ring substituents is 1. The highest BCUT2D eigenvalue weighted by Crippen LogP contribution is 2.29. The first-order chi connectivity index (χ1) is 13.1. The fraction of sp³-hybridized carbons (Fsp3) is 0. The van der Waals surface area contributed by atoms with E-state index in [9.17, 15) is 19.7 Å². The van der Waals surface area contributed by atoms with Gasteiger partial charge < -0.3 is 0 Å². The van der Waals surface area contributed by atoms with Gasteiger partial charge in [0.2, 0.25) is 0 Å². The van der Waals surface area contributed by atoms with Crippen LogP contribution in [0.5, 0.6) is 0 Å². The Labute approximate surface area is 154 Å². The lowest BCUT2D eigenvalue weighted by atomic mass is 9.82. The summed E-state index contributed by atoms with van der Waals surface area (Å²) in [6.07, 6.45) is 0. The second-order valence-corrected chi connectivity index (χ2v) is 5.99. The first-order valence-electron chi connectivity index (χ1n) is 8.14. The SMILES string of the molecule is O=C1c2ccccc2C(=O)c2c(C#Cc3ccc([N+](=O)[O-])cc3)cccc21. The van der Waals surface area contributed by atoms with Crippen LogP contribution in [0.25, 0.3) is 0 Å². The average Bonchev–Trinajstić information content (AvgIpc) is 2.70. The van der Waals surface area contributed by atoms with Crippen molar-refractivity contribution in [2.75, 3.05) is 0 Å². The third-order valence-electron chi connectivity index (χ3n) is 4.37. The highest BCUT2D eigenvalue weighted by molar-refractivity contribution is 6.29. The van der Waals surface area contributed by atoms with Gasteiger partial charge in [-0.3, -0.25) is 19.7 Å². The van der Waals surface area contributed by atoms with Crippen LogP contribution >= 0.6 is 0 Å². The predicted molar refractivity (Wildman–Crippen MR) is 98.8 cm³/mol. The number of carbonyl (C=O) groups excluding carboxylic acids is 2. The first kappa shape index (κ1) is 16.4. The monoisotopic (exact) mass is 353 g/mol. The lowest BCUT2D eigenvalue weighted by molar-refractivity contribution is -0.384. The maximum Gasteiger partial charge on any atom is 0.269 e. The summed E-state index contributed by atoms with van der Waals surface area (Å²) >= 11 is 0. The van der Waals surface area contributed by atoms with Gasteiger partial charge in [-0.05, 0) is 18.2 Å². The number of non-ortho nitro benzene ring substituents is 1. The van der Waals surface area contributed by atoms with Gasteiger partial charge in [0.25, 0.3) is 5.69 Å². The van der Waals surface area contributed by atoms with Crippen LogP contribution in [0.15, 0.2) is 66.7 Å². The average molecular weight is 353 g/mol. The third-order valence-corrected chi connectivity index (χ3v) is 4.37. The van der Waals surface area contributed by atoms with Crippen LogP contribution in [0.2, 0.25) is 0 Å². The van der Waals surface area contributed by atoms with Gasteiger partial charge in [-0.2, -0.15) is 0 Å². The summed E-state index contributed by atoms with van der Waals surface area (Å²) in [4.78, 5) is 35.9. The van der Waals surface area contributed by atoms with Gasteiger partial charge in [-0.15, -0.1) is 0 Å². The van der Waals surface area contributed by atoms with Crippen molar-refractivity contribution < 1.29 is 14.5 Å². The Kier molecular flexibility index (Phi) is 3.87. The molecule has 0 bridgehead atoms. The number of ketones is 2. The number of nitro groups is 1. The maximum absolute atomic E-state index is 12.9. The topological polar surface area (TPSA) is 77.3 Å². The highest BCUT2D eigenvalue weighted by atomic mass is 16.6. The Bertz CT molecular complexity index is 1180. The zero-order valence-corrected chi connectivity index (χ0v) is 13.9. The smallest absolute Gasteiger partial charge is 0.269 e. The summed E-state index contributed by atoms with van der Waals surface area (Å²) in [5.74, 6) is 5.40. The lowest BCUT2D eigenvalue weighted by Gasteiger charge is -2.18. The molecule has 1 aliphatic rings. The van der Waals surface area contributed by atoms with E-state index in [1.807, 2.05) is 0 Å². The summed E-state index contributed by atoms with van der Waals surface area (Å²) < 4.78 is 0. The number of carbonyl (C=O) groups is 2. The fourth-order valence-electron chi connectivity index (χ4n) is 3.06. The van der Waals surface area contributed by atoms with Crippen LogP contribution in [-0.2, 0) is 0 Å². The fourth-order valence-corrected chi connectivity index (χ4v) is 3.06. The minimum atomic E-state index is -0.480. The Morgan fingerprint density at radius 2 is 1.33 bits per heavy atom. The normalized spacial score (nSPS) is 11.9. The second-order valence-electron chi connectivity index (χ2n) is 5.99. The molecule has 128 valence electrons. The third kappa shape index (κ3) is 2.79. The molecule has 27 heavy (non-hydrogen) atoms. The van der Waals surface area contributed by atoms with E-state index in [0.29, 0.717) is 33.4 Å². The molecule has 5 heteroatoms. The molecule has 0 spiro atoms. The molecule has 0 saturated carbocycles. The van der Waals surface area contributed by atoms with Crippen molar-refractivity contribution in [1.29, 1.82) is 0 Å². The summed E-state index contributed by atoms with van der Waals surface area (Å²) in [6, 6.07) is 17.6. The quantitative estimate of drug-likeness (QED) is 0.296. The van der Waals surface area contributed by atoms with E-state index in [1.54, 1.807) is 54.6 Å². The van der Waals surface area contributed by atoms with Gasteiger partial charge in [-0.25, -0.2) is 0 Å². The number of fused-ring (bicyclic) bond motifs is 2. The standard InChI is InChI=1S/C22H11NO4/c24-21-17-5-1-2-6-18(17)22(25)20-15(4-3-7-19(20)21)11-8-14-9-12-16(13-10-14)23(26)27/h1-7,9-10,12-13H. The summed E-state index contributed by atoms with van der Waals surface area (Å²) in [5, 5.41) is 10.7. The summed E-state index contributed by atoms with van der Waals surface area (Å²) in [7, 11) is 0. The molecule has 0 N–H and O–H groups in total. The van der Waals surface area contributed by atoms with Gasteiger partial charge in [0.15, 0.2) is 11.6 Å². The minimum absolute atomic E-state index is 0.0185. The lowest BCUT2D eigenvalue weighted by Crippen LogP contribution is -2.21. The molecule has 0 fully saturated rings. The van der Waals surface area contributed by atoms with E-state index < -0.39 is 4.92 Å². The van der Waals surface area contributed by atoms with Crippen molar-refractivity contribution >= 4 is 17.3 Å². The molecule has 0 amide bonds. The maximum atomic E-state index is 12.9. The molecule has 5 nitrogen and oxygen atoms in total. The Morgan fingerprint density at radius 3 is 2.00 bits per heavy atom. The van der Waals surface area contributed by atoms with Gasteiger partial charge in [0.05, 0.1) is 4.92 Å². The van der Waals surface area contributed by atoms with E-state index in [1.165, 1.54) is 12.1 Å². The highest BCUT2D eigenvalue weighted by Gasteiger charge is 2.30. The number of benzene rings is 3. The molecule has 0 saturated heterocycles. The van der Waals surface area contributed by atoms with Crippen LogP contribution < -0.4 is 0 Å². The molecule has 0 radical (unpaired) electrons. The zero-order chi connectivity index (χ0) is 19.0. The second kappa shape index (κ2) is 6.36. The molecule has 0 aromatic heterocycles.